The smallest absolute Gasteiger partial charge is 0.0547 e. The molecule has 0 radical (unpaired) electrons. The Morgan fingerprint density at radius 2 is 0.667 bits per heavy atom. The van der Waals surface area contributed by atoms with Crippen LogP contribution >= 0.6 is 0 Å². The van der Waals surface area contributed by atoms with E-state index in [1.165, 1.54) is 98.9 Å². The Hall–Kier alpha value is -7.94. The highest BCUT2D eigenvalue weighted by Crippen LogP contribution is 2.43. The van der Waals surface area contributed by atoms with Crippen LogP contribution in [-0.2, 0) is 0 Å². The normalized spacial score (nSPS) is 11.7. The van der Waals surface area contributed by atoms with Gasteiger partial charge in [0.15, 0.2) is 0 Å². The van der Waals surface area contributed by atoms with E-state index in [1.807, 2.05) is 0 Å². The van der Waals surface area contributed by atoms with Crippen molar-refractivity contribution in [2.24, 2.45) is 0 Å². The molecule has 0 saturated carbocycles. The molecule has 0 bridgehead atoms. The Morgan fingerprint density at radius 1 is 0.233 bits per heavy atom. The molecule has 0 fully saturated rings. The van der Waals surface area contributed by atoms with E-state index in [9.17, 15) is 0 Å². The summed E-state index contributed by atoms with van der Waals surface area (Å²) in [7, 11) is 0. The minimum Gasteiger partial charge on any atom is -0.309 e. The van der Waals surface area contributed by atoms with Crippen LogP contribution in [0.5, 0.6) is 0 Å². The maximum absolute atomic E-state index is 2.44. The summed E-state index contributed by atoms with van der Waals surface area (Å²) in [6.07, 6.45) is 0. The van der Waals surface area contributed by atoms with Gasteiger partial charge in [-0.25, -0.2) is 0 Å². The summed E-state index contributed by atoms with van der Waals surface area (Å²) in [6, 6.07) is 84.2. The van der Waals surface area contributed by atoms with Crippen LogP contribution in [0, 0.1) is 0 Å². The molecule has 12 aromatic rings. The number of nitrogens with zero attached hydrogens (tertiary/aromatic N) is 2. The zero-order chi connectivity index (χ0) is 39.6. The van der Waals surface area contributed by atoms with E-state index < -0.39 is 0 Å². The van der Waals surface area contributed by atoms with E-state index in [4.69, 9.17) is 0 Å². The van der Waals surface area contributed by atoms with Crippen LogP contribution in [0.3, 0.4) is 0 Å². The lowest BCUT2D eigenvalue weighted by Crippen LogP contribution is -1.94. The predicted molar refractivity (Wildman–Crippen MR) is 254 cm³/mol. The monoisotopic (exact) mass is 762 g/mol. The van der Waals surface area contributed by atoms with Crippen molar-refractivity contribution in [3.05, 3.63) is 231 Å². The summed E-state index contributed by atoms with van der Waals surface area (Å²) in [5.74, 6) is 0. The lowest BCUT2D eigenvalue weighted by molar-refractivity contribution is 1.18. The van der Waals surface area contributed by atoms with Crippen LogP contribution in [0.4, 0.5) is 0 Å². The highest BCUT2D eigenvalue weighted by molar-refractivity contribution is 6.19. The van der Waals surface area contributed by atoms with Crippen molar-refractivity contribution in [3.63, 3.8) is 0 Å². The third kappa shape index (κ3) is 5.50. The molecule has 12 rings (SSSR count). The average molecular weight is 763 g/mol. The molecule has 2 aromatic heterocycles. The van der Waals surface area contributed by atoms with Crippen molar-refractivity contribution in [1.29, 1.82) is 0 Å². The second kappa shape index (κ2) is 13.9. The molecule has 0 amide bonds. The summed E-state index contributed by atoms with van der Waals surface area (Å²) >= 11 is 0. The van der Waals surface area contributed by atoms with Gasteiger partial charge in [-0.2, -0.15) is 0 Å². The van der Waals surface area contributed by atoms with Crippen LogP contribution < -0.4 is 0 Å². The summed E-state index contributed by atoms with van der Waals surface area (Å²) < 4.78 is 4.84. The first-order valence-electron chi connectivity index (χ1n) is 20.7. The van der Waals surface area contributed by atoms with Crippen molar-refractivity contribution in [1.82, 2.24) is 9.13 Å². The summed E-state index contributed by atoms with van der Waals surface area (Å²) in [4.78, 5) is 0. The Bertz CT molecular complexity index is 3550. The van der Waals surface area contributed by atoms with E-state index >= 15 is 0 Å². The minimum atomic E-state index is 1.14. The fourth-order valence-corrected chi connectivity index (χ4v) is 9.51. The summed E-state index contributed by atoms with van der Waals surface area (Å²) in [5.41, 5.74) is 16.8. The molecule has 2 heteroatoms. The van der Waals surface area contributed by atoms with Gasteiger partial charge in [-0.1, -0.05) is 170 Å². The fourth-order valence-electron chi connectivity index (χ4n) is 9.51. The molecule has 2 nitrogen and oxygen atoms in total. The lowest BCUT2D eigenvalue weighted by Gasteiger charge is -2.11. The number of hydrogen-bond donors (Lipinski definition) is 0. The molecule has 0 N–H and O–H groups in total. The molecule has 2 heterocycles. The molecule has 0 spiro atoms. The molecule has 0 aliphatic carbocycles. The molecule has 0 saturated heterocycles. The van der Waals surface area contributed by atoms with Gasteiger partial charge in [-0.3, -0.25) is 0 Å². The van der Waals surface area contributed by atoms with Crippen molar-refractivity contribution >= 4 is 54.4 Å². The third-order valence-electron chi connectivity index (χ3n) is 12.3. The zero-order valence-electron chi connectivity index (χ0n) is 32.8. The Balaban J connectivity index is 1.05. The molecule has 0 aliphatic heterocycles. The minimum absolute atomic E-state index is 1.14. The van der Waals surface area contributed by atoms with E-state index in [2.05, 4.69) is 240 Å². The van der Waals surface area contributed by atoms with Crippen LogP contribution in [0.15, 0.2) is 231 Å². The van der Waals surface area contributed by atoms with Gasteiger partial charge >= 0.3 is 0 Å². The second-order valence-electron chi connectivity index (χ2n) is 15.7. The second-order valence-corrected chi connectivity index (χ2v) is 15.7. The molecule has 0 atom stereocenters. The predicted octanol–water partition coefficient (Wildman–Crippen LogP) is 15.7. The molecular formula is C58H38N2. The van der Waals surface area contributed by atoms with Gasteiger partial charge < -0.3 is 9.13 Å². The number of rotatable bonds is 6. The van der Waals surface area contributed by atoms with Crippen molar-refractivity contribution in [2.45, 2.75) is 0 Å². The lowest BCUT2D eigenvalue weighted by atomic mass is 9.94. The molecule has 0 aliphatic rings. The Morgan fingerprint density at radius 3 is 1.33 bits per heavy atom. The van der Waals surface area contributed by atoms with Gasteiger partial charge in [0.1, 0.15) is 0 Å². The molecule has 280 valence electrons. The van der Waals surface area contributed by atoms with Gasteiger partial charge in [-0.05, 0) is 116 Å². The van der Waals surface area contributed by atoms with Gasteiger partial charge in [-0.15, -0.1) is 0 Å². The highest BCUT2D eigenvalue weighted by atomic mass is 15.0. The van der Waals surface area contributed by atoms with E-state index in [0.717, 1.165) is 11.4 Å². The average Bonchev–Trinajstić information content (AvgIpc) is 3.84. The van der Waals surface area contributed by atoms with E-state index in [1.54, 1.807) is 0 Å². The summed E-state index contributed by atoms with van der Waals surface area (Å²) in [5, 5.41) is 7.48. The Kier molecular flexibility index (Phi) is 7.89. The number of aromatic nitrogens is 2. The van der Waals surface area contributed by atoms with Crippen LogP contribution in [0.25, 0.3) is 110 Å². The van der Waals surface area contributed by atoms with Crippen molar-refractivity contribution < 1.29 is 0 Å². The standard InChI is InChI=1S/C58H38N2/c1-3-13-39(14-4-1)41-25-31-46(32-26-41)59-54-23-10-9-20-50(54)52-37-44(29-35-55(52)59)45-30-36-56-53(38-45)58-51(49-21-11-18-43-17-7-8-19-48(43)49)22-12-24-57(58)60(56)47-33-27-42(28-34-47)40-15-5-2-6-16-40/h1-38H. The first-order chi connectivity index (χ1) is 29.8. The first kappa shape index (κ1) is 34.1. The Labute approximate surface area is 348 Å². The fraction of sp³-hybridized carbons (Fsp3) is 0. The number of hydrogen-bond acceptors (Lipinski definition) is 0. The maximum atomic E-state index is 2.44. The topological polar surface area (TPSA) is 9.86 Å². The number of fused-ring (bicyclic) bond motifs is 7. The van der Waals surface area contributed by atoms with Crippen LogP contribution in [0.1, 0.15) is 0 Å². The van der Waals surface area contributed by atoms with E-state index in [0.29, 0.717) is 0 Å². The third-order valence-corrected chi connectivity index (χ3v) is 12.3. The van der Waals surface area contributed by atoms with Crippen molar-refractivity contribution in [3.8, 4) is 55.9 Å². The van der Waals surface area contributed by atoms with Crippen LogP contribution in [0.2, 0.25) is 0 Å². The highest BCUT2D eigenvalue weighted by Gasteiger charge is 2.19. The van der Waals surface area contributed by atoms with Gasteiger partial charge in [0.05, 0.1) is 22.1 Å². The maximum Gasteiger partial charge on any atom is 0.0547 e. The summed E-state index contributed by atoms with van der Waals surface area (Å²) in [6.45, 7) is 0. The molecule has 10 aromatic carbocycles. The molecule has 60 heavy (non-hydrogen) atoms. The quantitative estimate of drug-likeness (QED) is 0.160. The van der Waals surface area contributed by atoms with Gasteiger partial charge in [0, 0.05) is 32.9 Å². The van der Waals surface area contributed by atoms with Crippen LogP contribution in [-0.4, -0.2) is 9.13 Å². The first-order valence-corrected chi connectivity index (χ1v) is 20.7. The number of benzene rings is 10. The van der Waals surface area contributed by atoms with Gasteiger partial charge in [0.2, 0.25) is 0 Å². The van der Waals surface area contributed by atoms with Gasteiger partial charge in [0.25, 0.3) is 0 Å². The molecular weight excluding hydrogens is 725 g/mol. The van der Waals surface area contributed by atoms with Crippen molar-refractivity contribution in [2.75, 3.05) is 0 Å². The molecule has 0 unspecified atom stereocenters. The zero-order valence-corrected chi connectivity index (χ0v) is 32.8. The largest absolute Gasteiger partial charge is 0.309 e. The number of para-hydroxylation sites is 1. The SMILES string of the molecule is c1ccc(-c2ccc(-n3c4ccccc4c4cc(-c5ccc6c(c5)c5c(-c7cccc8ccccc78)cccc5n6-c5ccc(-c6ccccc6)cc5)ccc43)cc2)cc1. The van der Waals surface area contributed by atoms with E-state index in [-0.39, 0.29) is 0 Å².